The van der Waals surface area contributed by atoms with Crippen LogP contribution in [-0.2, 0) is 4.74 Å². The molecule has 1 saturated heterocycles. The number of aliphatic hydroxyl groups is 4. The molecule has 6 fully saturated rings. The van der Waals surface area contributed by atoms with E-state index in [0.717, 1.165) is 51.4 Å². The lowest BCUT2D eigenvalue weighted by Crippen LogP contribution is -2.62. The van der Waals surface area contributed by atoms with Crippen molar-refractivity contribution in [2.45, 2.75) is 142 Å². The molecule has 0 aromatic carbocycles. The third kappa shape index (κ3) is 2.78. The van der Waals surface area contributed by atoms with E-state index in [1.54, 1.807) is 0 Å². The number of hydrogen-bond acceptors (Lipinski definition) is 5. The predicted octanol–water partition coefficient (Wildman–Crippen LogP) is 4.44. The fraction of sp³-hybridized carbons (Fsp3) is 1.00. The average molecular weight is 491 g/mol. The smallest absolute Gasteiger partial charge is 0.0865 e. The van der Waals surface area contributed by atoms with E-state index in [2.05, 4.69) is 34.6 Å². The molecular weight excluding hydrogens is 440 g/mol. The van der Waals surface area contributed by atoms with Gasteiger partial charge in [-0.1, -0.05) is 27.7 Å². The fourth-order valence-corrected chi connectivity index (χ4v) is 12.1. The molecule has 0 bridgehead atoms. The van der Waals surface area contributed by atoms with Crippen LogP contribution in [0.25, 0.3) is 0 Å². The Bertz CT molecular complexity index is 911. The first-order chi connectivity index (χ1) is 16.0. The Kier molecular flexibility index (Phi) is 4.92. The molecule has 35 heavy (non-hydrogen) atoms. The quantitative estimate of drug-likeness (QED) is 0.460. The van der Waals surface area contributed by atoms with E-state index >= 15 is 0 Å². The van der Waals surface area contributed by atoms with Crippen molar-refractivity contribution >= 4 is 0 Å². The summed E-state index contributed by atoms with van der Waals surface area (Å²) < 4.78 is 6.66. The van der Waals surface area contributed by atoms with Crippen LogP contribution >= 0.6 is 0 Å². The standard InChI is InChI=1S/C30H50O5/c1-24(2)20(33)8-11-30-16-29(30)13-12-26(5)23(28(7)10-9-21(35-28)25(3,4)34)18(32)15-27(26,6)19(29)14-17(31)22(24)30/h17-23,31-34H,8-16H2,1-7H3/t17-,18-,19?,20-,21-,22?,23-,26+,27-,28-,29?,30+/m0/s1. The maximum atomic E-state index is 11.7. The minimum absolute atomic E-state index is 0.0267. The first kappa shape index (κ1) is 25.1. The molecule has 12 atom stereocenters. The largest absolute Gasteiger partial charge is 0.393 e. The molecule has 0 amide bonds. The van der Waals surface area contributed by atoms with Gasteiger partial charge in [-0.3, -0.25) is 0 Å². The van der Waals surface area contributed by atoms with Crippen molar-refractivity contribution < 1.29 is 25.2 Å². The van der Waals surface area contributed by atoms with Crippen LogP contribution in [0.15, 0.2) is 0 Å². The second-order valence-corrected chi connectivity index (χ2v) is 15.9. The molecular formula is C30H50O5. The van der Waals surface area contributed by atoms with Gasteiger partial charge in [0, 0.05) is 5.92 Å². The number of rotatable bonds is 2. The summed E-state index contributed by atoms with van der Waals surface area (Å²) in [5.41, 5.74) is -1.35. The average Bonchev–Trinajstić information content (AvgIpc) is 3.08. The van der Waals surface area contributed by atoms with E-state index in [1.165, 1.54) is 6.42 Å². The maximum Gasteiger partial charge on any atom is 0.0865 e. The van der Waals surface area contributed by atoms with Crippen molar-refractivity contribution in [3.63, 3.8) is 0 Å². The maximum absolute atomic E-state index is 11.7. The minimum Gasteiger partial charge on any atom is -0.393 e. The van der Waals surface area contributed by atoms with Gasteiger partial charge in [0.1, 0.15) is 0 Å². The van der Waals surface area contributed by atoms with Gasteiger partial charge in [0.05, 0.1) is 35.6 Å². The van der Waals surface area contributed by atoms with Crippen molar-refractivity contribution in [2.24, 2.45) is 44.8 Å². The van der Waals surface area contributed by atoms with Crippen LogP contribution in [0.2, 0.25) is 0 Å². The Hall–Kier alpha value is -0.200. The van der Waals surface area contributed by atoms with Crippen LogP contribution in [0.1, 0.15) is 106 Å². The van der Waals surface area contributed by atoms with Gasteiger partial charge in [-0.15, -0.1) is 0 Å². The summed E-state index contributed by atoms with van der Waals surface area (Å²) >= 11 is 0. The topological polar surface area (TPSA) is 90.2 Å². The van der Waals surface area contributed by atoms with Crippen LogP contribution < -0.4 is 0 Å². The molecule has 4 N–H and O–H groups in total. The van der Waals surface area contributed by atoms with Gasteiger partial charge in [0.2, 0.25) is 0 Å². The summed E-state index contributed by atoms with van der Waals surface area (Å²) in [6, 6.07) is 0. The number of fused-ring (bicyclic) bond motifs is 2. The highest BCUT2D eigenvalue weighted by molar-refractivity contribution is 5.33. The van der Waals surface area contributed by atoms with Crippen molar-refractivity contribution in [3.8, 4) is 0 Å². The highest BCUT2D eigenvalue weighted by Gasteiger charge is 2.84. The van der Waals surface area contributed by atoms with Crippen LogP contribution in [-0.4, -0.2) is 56.0 Å². The summed E-state index contributed by atoms with van der Waals surface area (Å²) in [6.07, 6.45) is 7.18. The molecule has 1 heterocycles. The monoisotopic (exact) mass is 490 g/mol. The van der Waals surface area contributed by atoms with E-state index < -0.39 is 23.4 Å². The summed E-state index contributed by atoms with van der Waals surface area (Å²) in [4.78, 5) is 0. The lowest BCUT2D eigenvalue weighted by atomic mass is 9.41. The second kappa shape index (κ2) is 6.86. The lowest BCUT2D eigenvalue weighted by molar-refractivity contribution is -0.213. The number of hydrogen-bond donors (Lipinski definition) is 4. The summed E-state index contributed by atoms with van der Waals surface area (Å²) in [5, 5.41) is 45.0. The molecule has 5 aliphatic carbocycles. The summed E-state index contributed by atoms with van der Waals surface area (Å²) in [6.45, 7) is 15.0. The molecule has 0 aromatic rings. The SMILES string of the molecule is CC(C)(O)[C@@H]1CC[C@@](C)([C@H]2[C@@H](O)C[C@@]3(C)C4C[C@H](O)C5C(C)(C)[C@@H](O)CC[C@@]56CC46CC[C@]23C)O1. The Morgan fingerprint density at radius 3 is 2.09 bits per heavy atom. The van der Waals surface area contributed by atoms with Crippen molar-refractivity contribution in [1.82, 2.24) is 0 Å². The molecule has 3 unspecified atom stereocenters. The Morgan fingerprint density at radius 1 is 0.771 bits per heavy atom. The van der Waals surface area contributed by atoms with Crippen LogP contribution in [0.3, 0.4) is 0 Å². The molecule has 0 radical (unpaired) electrons. The van der Waals surface area contributed by atoms with E-state index in [9.17, 15) is 20.4 Å². The first-order valence-electron chi connectivity index (χ1n) is 14.4. The first-order valence-corrected chi connectivity index (χ1v) is 14.4. The Morgan fingerprint density at radius 2 is 1.46 bits per heavy atom. The van der Waals surface area contributed by atoms with E-state index in [4.69, 9.17) is 4.74 Å². The van der Waals surface area contributed by atoms with E-state index in [0.29, 0.717) is 5.92 Å². The zero-order valence-corrected chi connectivity index (χ0v) is 23.1. The number of aliphatic hydroxyl groups excluding tert-OH is 3. The Balaban J connectivity index is 1.37. The van der Waals surface area contributed by atoms with Crippen LogP contribution in [0, 0.1) is 44.8 Å². The van der Waals surface area contributed by atoms with Gasteiger partial charge < -0.3 is 25.2 Å². The van der Waals surface area contributed by atoms with E-state index in [-0.39, 0.29) is 51.1 Å². The Labute approximate surface area is 212 Å². The second-order valence-electron chi connectivity index (χ2n) is 15.9. The van der Waals surface area contributed by atoms with Gasteiger partial charge in [0.15, 0.2) is 0 Å². The van der Waals surface area contributed by atoms with Gasteiger partial charge in [-0.25, -0.2) is 0 Å². The summed E-state index contributed by atoms with van der Waals surface area (Å²) in [7, 11) is 0. The fourth-order valence-electron chi connectivity index (χ4n) is 12.1. The molecule has 6 rings (SSSR count). The van der Waals surface area contributed by atoms with Crippen molar-refractivity contribution in [1.29, 1.82) is 0 Å². The predicted molar refractivity (Wildman–Crippen MR) is 134 cm³/mol. The third-order valence-corrected chi connectivity index (χ3v) is 13.8. The van der Waals surface area contributed by atoms with Crippen molar-refractivity contribution in [3.05, 3.63) is 0 Å². The van der Waals surface area contributed by atoms with Crippen molar-refractivity contribution in [2.75, 3.05) is 0 Å². The van der Waals surface area contributed by atoms with Crippen LogP contribution in [0.4, 0.5) is 0 Å². The summed E-state index contributed by atoms with van der Waals surface area (Å²) in [5.74, 6) is 0.577. The molecule has 0 aromatic heterocycles. The zero-order valence-electron chi connectivity index (χ0n) is 23.1. The molecule has 200 valence electrons. The van der Waals surface area contributed by atoms with Gasteiger partial charge >= 0.3 is 0 Å². The normalized spacial score (nSPS) is 60.9. The lowest BCUT2D eigenvalue weighted by Gasteiger charge is -2.64. The van der Waals surface area contributed by atoms with Gasteiger partial charge in [-0.05, 0) is 117 Å². The molecule has 1 aliphatic heterocycles. The van der Waals surface area contributed by atoms with Crippen LogP contribution in [0.5, 0.6) is 0 Å². The highest BCUT2D eigenvalue weighted by atomic mass is 16.5. The highest BCUT2D eigenvalue weighted by Crippen LogP contribution is 2.89. The molecule has 5 nitrogen and oxygen atoms in total. The van der Waals surface area contributed by atoms with Gasteiger partial charge in [-0.2, -0.15) is 0 Å². The third-order valence-electron chi connectivity index (χ3n) is 13.8. The molecule has 6 aliphatic rings. The zero-order chi connectivity index (χ0) is 25.6. The number of ether oxygens (including phenoxy) is 1. The minimum atomic E-state index is -0.886. The van der Waals surface area contributed by atoms with Gasteiger partial charge in [0.25, 0.3) is 0 Å². The molecule has 5 saturated carbocycles. The molecule has 2 spiro atoms. The van der Waals surface area contributed by atoms with E-state index in [1.807, 2.05) is 13.8 Å². The molecule has 5 heteroatoms.